The maximum Gasteiger partial charge on any atom is 0.305 e. The van der Waals surface area contributed by atoms with Crippen LogP contribution in [-0.4, -0.2) is 16.2 Å². The largest absolute Gasteiger partial charge is 0.508 e. The second kappa shape index (κ2) is 6.36. The Labute approximate surface area is 115 Å². The van der Waals surface area contributed by atoms with E-state index in [0.717, 1.165) is 10.4 Å². The maximum atomic E-state index is 10.9. The molecule has 0 radical (unpaired) electrons. The highest BCUT2D eigenvalue weighted by Gasteiger charge is 2.16. The van der Waals surface area contributed by atoms with Gasteiger partial charge in [0.05, 0.1) is 12.5 Å². The number of phenolic OH excluding ortho intramolecular Hbond substituents is 1. The summed E-state index contributed by atoms with van der Waals surface area (Å²) in [6, 6.07) is 10.6. The normalized spacial score (nSPS) is 12.2. The lowest BCUT2D eigenvalue weighted by Gasteiger charge is -2.16. The molecular weight excluding hydrogens is 262 g/mol. The van der Waals surface area contributed by atoms with Gasteiger partial charge in [-0.3, -0.25) is 4.79 Å². The van der Waals surface area contributed by atoms with Gasteiger partial charge in [-0.05, 0) is 17.5 Å². The van der Waals surface area contributed by atoms with Gasteiger partial charge >= 0.3 is 5.97 Å². The van der Waals surface area contributed by atoms with Crippen LogP contribution in [0.3, 0.4) is 0 Å². The highest BCUT2D eigenvalue weighted by molar-refractivity contribution is 7.10. The van der Waals surface area contributed by atoms with E-state index in [4.69, 9.17) is 5.11 Å². The van der Waals surface area contributed by atoms with Crippen molar-refractivity contribution in [2.45, 2.75) is 19.0 Å². The zero-order chi connectivity index (χ0) is 13.7. The van der Waals surface area contributed by atoms with E-state index in [2.05, 4.69) is 5.32 Å². The molecule has 0 aliphatic rings. The molecule has 1 heterocycles. The number of carbonyl (C=O) groups is 1. The summed E-state index contributed by atoms with van der Waals surface area (Å²) in [6.07, 6.45) is 0.0219. The zero-order valence-electron chi connectivity index (χ0n) is 10.2. The van der Waals surface area contributed by atoms with Crippen LogP contribution in [0.25, 0.3) is 0 Å². The van der Waals surface area contributed by atoms with Crippen LogP contribution in [0.1, 0.15) is 22.9 Å². The molecule has 0 aliphatic heterocycles. The number of hydrogen-bond donors (Lipinski definition) is 3. The number of carboxylic acids is 1. The fourth-order valence-electron chi connectivity index (χ4n) is 1.83. The number of carboxylic acid groups (broad SMARTS) is 1. The van der Waals surface area contributed by atoms with Crippen molar-refractivity contribution < 1.29 is 15.0 Å². The number of aromatic hydroxyl groups is 1. The summed E-state index contributed by atoms with van der Waals surface area (Å²) in [5.74, 6) is -0.626. The van der Waals surface area contributed by atoms with Gasteiger partial charge in [0.15, 0.2) is 0 Å². The van der Waals surface area contributed by atoms with Gasteiger partial charge in [0.2, 0.25) is 0 Å². The van der Waals surface area contributed by atoms with E-state index in [1.807, 2.05) is 29.6 Å². The van der Waals surface area contributed by atoms with Crippen molar-refractivity contribution in [3.05, 3.63) is 52.2 Å². The highest BCUT2D eigenvalue weighted by Crippen LogP contribution is 2.23. The van der Waals surface area contributed by atoms with E-state index < -0.39 is 5.97 Å². The molecule has 2 aromatic rings. The first-order valence-corrected chi connectivity index (χ1v) is 6.80. The Bertz CT molecular complexity index is 539. The monoisotopic (exact) mass is 277 g/mol. The van der Waals surface area contributed by atoms with Crippen molar-refractivity contribution in [1.82, 2.24) is 5.32 Å². The van der Waals surface area contributed by atoms with E-state index in [-0.39, 0.29) is 18.2 Å². The third-order valence-electron chi connectivity index (χ3n) is 2.80. The SMILES string of the molecule is O=C(O)CC(NCc1ccccc1O)c1cccs1. The van der Waals surface area contributed by atoms with Crippen LogP contribution in [0.2, 0.25) is 0 Å². The van der Waals surface area contributed by atoms with Crippen molar-refractivity contribution in [2.75, 3.05) is 0 Å². The lowest BCUT2D eigenvalue weighted by molar-refractivity contribution is -0.137. The summed E-state index contributed by atoms with van der Waals surface area (Å²) < 4.78 is 0. The van der Waals surface area contributed by atoms with Crippen LogP contribution in [0, 0.1) is 0 Å². The molecule has 100 valence electrons. The molecule has 0 aliphatic carbocycles. The zero-order valence-corrected chi connectivity index (χ0v) is 11.1. The molecule has 1 atom stereocenters. The molecule has 0 saturated carbocycles. The van der Waals surface area contributed by atoms with Gasteiger partial charge in [-0.1, -0.05) is 24.3 Å². The molecule has 5 heteroatoms. The molecular formula is C14H15NO3S. The molecule has 19 heavy (non-hydrogen) atoms. The van der Waals surface area contributed by atoms with Gasteiger partial charge in [0, 0.05) is 17.0 Å². The first-order chi connectivity index (χ1) is 9.16. The van der Waals surface area contributed by atoms with Crippen molar-refractivity contribution in [1.29, 1.82) is 0 Å². The second-order valence-corrected chi connectivity index (χ2v) is 5.15. The highest BCUT2D eigenvalue weighted by atomic mass is 32.1. The van der Waals surface area contributed by atoms with Crippen molar-refractivity contribution in [3.8, 4) is 5.75 Å². The van der Waals surface area contributed by atoms with Crippen molar-refractivity contribution in [2.24, 2.45) is 0 Å². The molecule has 0 fully saturated rings. The summed E-state index contributed by atoms with van der Waals surface area (Å²) in [4.78, 5) is 11.9. The van der Waals surface area contributed by atoms with E-state index in [0.29, 0.717) is 6.54 Å². The average molecular weight is 277 g/mol. The number of para-hydroxylation sites is 1. The third-order valence-corrected chi connectivity index (χ3v) is 3.78. The Morgan fingerprint density at radius 1 is 1.26 bits per heavy atom. The van der Waals surface area contributed by atoms with Crippen LogP contribution in [0.5, 0.6) is 5.75 Å². The third kappa shape index (κ3) is 3.81. The van der Waals surface area contributed by atoms with Crippen LogP contribution in [0.15, 0.2) is 41.8 Å². The number of thiophene rings is 1. The molecule has 3 N–H and O–H groups in total. The molecule has 1 aromatic heterocycles. The predicted molar refractivity (Wildman–Crippen MR) is 74.3 cm³/mol. The van der Waals surface area contributed by atoms with Gasteiger partial charge in [-0.15, -0.1) is 11.3 Å². The molecule has 1 unspecified atom stereocenters. The number of nitrogens with one attached hydrogen (secondary N) is 1. The smallest absolute Gasteiger partial charge is 0.305 e. The summed E-state index contributed by atoms with van der Waals surface area (Å²) in [6.45, 7) is 0.433. The minimum absolute atomic E-state index is 0.0219. The Morgan fingerprint density at radius 3 is 2.68 bits per heavy atom. The topological polar surface area (TPSA) is 69.6 Å². The Kier molecular flexibility index (Phi) is 4.54. The number of benzene rings is 1. The first kappa shape index (κ1) is 13.6. The molecule has 0 spiro atoms. The quantitative estimate of drug-likeness (QED) is 0.759. The number of aliphatic carboxylic acids is 1. The van der Waals surface area contributed by atoms with Gasteiger partial charge in [-0.2, -0.15) is 0 Å². The number of hydrogen-bond acceptors (Lipinski definition) is 4. The first-order valence-electron chi connectivity index (χ1n) is 5.92. The van der Waals surface area contributed by atoms with Crippen LogP contribution >= 0.6 is 11.3 Å². The second-order valence-electron chi connectivity index (χ2n) is 4.18. The Balaban J connectivity index is 2.05. The van der Waals surface area contributed by atoms with Gasteiger partial charge in [0.25, 0.3) is 0 Å². The van der Waals surface area contributed by atoms with Gasteiger partial charge < -0.3 is 15.5 Å². The molecule has 1 aromatic carbocycles. The van der Waals surface area contributed by atoms with Crippen LogP contribution in [0.4, 0.5) is 0 Å². The minimum Gasteiger partial charge on any atom is -0.508 e. The summed E-state index contributed by atoms with van der Waals surface area (Å²) in [7, 11) is 0. The Morgan fingerprint density at radius 2 is 2.05 bits per heavy atom. The fraction of sp³-hybridized carbons (Fsp3) is 0.214. The number of rotatable bonds is 6. The standard InChI is InChI=1S/C14H15NO3S/c16-12-5-2-1-4-10(12)9-15-11(8-14(17)18)13-6-3-7-19-13/h1-7,11,15-16H,8-9H2,(H,17,18). The molecule has 0 saturated heterocycles. The predicted octanol–water partition coefficient (Wildman–Crippen LogP) is 2.76. The Hall–Kier alpha value is -1.85. The molecule has 0 amide bonds. The molecule has 4 nitrogen and oxygen atoms in total. The lowest BCUT2D eigenvalue weighted by atomic mass is 10.1. The fourth-order valence-corrected chi connectivity index (χ4v) is 2.63. The van der Waals surface area contributed by atoms with Gasteiger partial charge in [-0.25, -0.2) is 0 Å². The summed E-state index contributed by atoms with van der Waals surface area (Å²) in [5.41, 5.74) is 0.759. The molecule has 2 rings (SSSR count). The van der Waals surface area contributed by atoms with Crippen molar-refractivity contribution in [3.63, 3.8) is 0 Å². The summed E-state index contributed by atoms with van der Waals surface area (Å²) in [5, 5.41) is 23.7. The van der Waals surface area contributed by atoms with Crippen molar-refractivity contribution >= 4 is 17.3 Å². The molecule has 0 bridgehead atoms. The number of phenols is 1. The average Bonchev–Trinajstić information content (AvgIpc) is 2.89. The van der Waals surface area contributed by atoms with Gasteiger partial charge in [0.1, 0.15) is 5.75 Å². The maximum absolute atomic E-state index is 10.9. The van der Waals surface area contributed by atoms with Crippen LogP contribution < -0.4 is 5.32 Å². The van der Waals surface area contributed by atoms with E-state index in [9.17, 15) is 9.90 Å². The minimum atomic E-state index is -0.844. The van der Waals surface area contributed by atoms with E-state index in [1.165, 1.54) is 11.3 Å². The van der Waals surface area contributed by atoms with E-state index in [1.54, 1.807) is 12.1 Å². The summed E-state index contributed by atoms with van der Waals surface area (Å²) >= 11 is 1.52. The lowest BCUT2D eigenvalue weighted by Crippen LogP contribution is -2.22. The van der Waals surface area contributed by atoms with Crippen LogP contribution in [-0.2, 0) is 11.3 Å². The van der Waals surface area contributed by atoms with E-state index >= 15 is 0 Å².